The van der Waals surface area contributed by atoms with Crippen LogP contribution in [-0.4, -0.2) is 20.5 Å². The van der Waals surface area contributed by atoms with Crippen LogP contribution in [0.2, 0.25) is 0 Å². The van der Waals surface area contributed by atoms with E-state index in [1.54, 1.807) is 0 Å². The number of hydrogen-bond donors (Lipinski definition) is 1. The molecule has 5 nitrogen and oxygen atoms in total. The van der Waals surface area contributed by atoms with Crippen LogP contribution in [0.4, 0.5) is 5.95 Å². The zero-order valence-corrected chi connectivity index (χ0v) is 8.38. The van der Waals surface area contributed by atoms with E-state index in [-0.39, 0.29) is 6.04 Å². The third kappa shape index (κ3) is 2.12. The van der Waals surface area contributed by atoms with Gasteiger partial charge in [0.15, 0.2) is 5.16 Å². The van der Waals surface area contributed by atoms with Crippen LogP contribution in [0.5, 0.6) is 0 Å². The number of aromatic nitrogens is 3. The van der Waals surface area contributed by atoms with Crippen molar-refractivity contribution in [3.05, 3.63) is 0 Å². The summed E-state index contributed by atoms with van der Waals surface area (Å²) >= 11 is 1.34. The molecule has 0 fully saturated rings. The van der Waals surface area contributed by atoms with Crippen LogP contribution in [0.25, 0.3) is 0 Å². The predicted octanol–water partition coefficient (Wildman–Crippen LogP) is 1.06. The lowest BCUT2D eigenvalue weighted by Gasteiger charge is -2.09. The molecule has 1 aromatic rings. The van der Waals surface area contributed by atoms with E-state index in [2.05, 4.69) is 10.2 Å². The van der Waals surface area contributed by atoms with Crippen LogP contribution >= 0.6 is 11.8 Å². The van der Waals surface area contributed by atoms with Gasteiger partial charge in [-0.25, -0.2) is 0 Å². The van der Waals surface area contributed by atoms with Gasteiger partial charge in [-0.3, -0.25) is 4.57 Å². The molecule has 0 aliphatic heterocycles. The highest BCUT2D eigenvalue weighted by molar-refractivity contribution is 7.99. The van der Waals surface area contributed by atoms with Gasteiger partial charge in [-0.1, -0.05) is 11.8 Å². The summed E-state index contributed by atoms with van der Waals surface area (Å²) in [4.78, 5) is 0. The number of nitriles is 1. The van der Waals surface area contributed by atoms with Gasteiger partial charge in [-0.2, -0.15) is 5.26 Å². The first-order chi connectivity index (χ1) is 6.16. The minimum absolute atomic E-state index is 0.219. The summed E-state index contributed by atoms with van der Waals surface area (Å²) in [5.41, 5.74) is 5.61. The Balaban J connectivity index is 2.88. The van der Waals surface area contributed by atoms with Gasteiger partial charge in [0.1, 0.15) is 0 Å². The molecular weight excluding hydrogens is 186 g/mol. The molecule has 0 aromatic carbocycles. The van der Waals surface area contributed by atoms with E-state index in [1.165, 1.54) is 11.8 Å². The molecule has 1 heterocycles. The summed E-state index contributed by atoms with van der Waals surface area (Å²) in [5, 5.41) is 16.7. The molecule has 2 N–H and O–H groups in total. The summed E-state index contributed by atoms with van der Waals surface area (Å²) in [7, 11) is 0. The fourth-order valence-electron chi connectivity index (χ4n) is 0.969. The molecule has 0 saturated carbocycles. The fourth-order valence-corrected chi connectivity index (χ4v) is 1.70. The quantitative estimate of drug-likeness (QED) is 0.733. The lowest BCUT2D eigenvalue weighted by molar-refractivity contribution is 0.557. The maximum atomic E-state index is 8.40. The number of nitrogens with two attached hydrogens (primary N) is 1. The van der Waals surface area contributed by atoms with Crippen molar-refractivity contribution >= 4 is 17.7 Å². The minimum atomic E-state index is 0.219. The van der Waals surface area contributed by atoms with Gasteiger partial charge in [0.05, 0.1) is 11.8 Å². The Morgan fingerprint density at radius 2 is 2.31 bits per heavy atom. The van der Waals surface area contributed by atoms with Gasteiger partial charge in [0, 0.05) is 6.04 Å². The Labute approximate surface area is 80.9 Å². The zero-order chi connectivity index (χ0) is 9.84. The van der Waals surface area contributed by atoms with Crippen molar-refractivity contribution in [2.24, 2.45) is 0 Å². The maximum Gasteiger partial charge on any atom is 0.222 e. The van der Waals surface area contributed by atoms with E-state index in [9.17, 15) is 0 Å². The molecule has 0 saturated heterocycles. The second-order valence-electron chi connectivity index (χ2n) is 2.75. The zero-order valence-electron chi connectivity index (χ0n) is 7.56. The second kappa shape index (κ2) is 4.14. The van der Waals surface area contributed by atoms with E-state index >= 15 is 0 Å². The first kappa shape index (κ1) is 9.86. The molecule has 0 unspecified atom stereocenters. The molecule has 1 aromatic heterocycles. The first-order valence-corrected chi connectivity index (χ1v) is 4.85. The van der Waals surface area contributed by atoms with E-state index in [0.29, 0.717) is 16.9 Å². The molecule has 1 rings (SSSR count). The highest BCUT2D eigenvalue weighted by atomic mass is 32.2. The Morgan fingerprint density at radius 3 is 2.85 bits per heavy atom. The normalized spacial score (nSPS) is 10.3. The summed E-state index contributed by atoms with van der Waals surface area (Å²) in [6, 6.07) is 2.25. The maximum absolute atomic E-state index is 8.40. The van der Waals surface area contributed by atoms with Crippen molar-refractivity contribution in [2.75, 3.05) is 11.5 Å². The molecule has 0 aliphatic rings. The molecule has 13 heavy (non-hydrogen) atoms. The molecule has 0 amide bonds. The second-order valence-corrected chi connectivity index (χ2v) is 3.69. The van der Waals surface area contributed by atoms with Crippen molar-refractivity contribution < 1.29 is 0 Å². The van der Waals surface area contributed by atoms with Crippen molar-refractivity contribution in [3.8, 4) is 6.07 Å². The molecular formula is C7H11N5S. The van der Waals surface area contributed by atoms with E-state index in [4.69, 9.17) is 11.0 Å². The molecule has 0 spiro atoms. The third-order valence-electron chi connectivity index (χ3n) is 1.47. The number of anilines is 1. The van der Waals surface area contributed by atoms with Crippen LogP contribution in [0.15, 0.2) is 5.16 Å². The Hall–Kier alpha value is -1.22. The van der Waals surface area contributed by atoms with E-state index < -0.39 is 0 Å². The van der Waals surface area contributed by atoms with Gasteiger partial charge in [0.25, 0.3) is 0 Å². The van der Waals surface area contributed by atoms with Gasteiger partial charge < -0.3 is 5.73 Å². The number of nitrogen functional groups attached to an aromatic ring is 1. The summed E-state index contributed by atoms with van der Waals surface area (Å²) in [6.45, 7) is 3.99. The Morgan fingerprint density at radius 1 is 1.62 bits per heavy atom. The summed E-state index contributed by atoms with van der Waals surface area (Å²) in [5.74, 6) is 0.764. The fraction of sp³-hybridized carbons (Fsp3) is 0.571. The first-order valence-electron chi connectivity index (χ1n) is 3.87. The Bertz CT molecular complexity index is 324. The molecule has 6 heteroatoms. The Kier molecular flexibility index (Phi) is 3.14. The van der Waals surface area contributed by atoms with Crippen molar-refractivity contribution in [1.82, 2.24) is 14.8 Å². The number of hydrogen-bond acceptors (Lipinski definition) is 5. The monoisotopic (exact) mass is 197 g/mol. The van der Waals surface area contributed by atoms with Gasteiger partial charge in [-0.15, -0.1) is 10.2 Å². The lowest BCUT2D eigenvalue weighted by Crippen LogP contribution is -2.06. The minimum Gasteiger partial charge on any atom is -0.368 e. The molecule has 0 bridgehead atoms. The van der Waals surface area contributed by atoms with Gasteiger partial charge in [-0.05, 0) is 13.8 Å². The smallest absolute Gasteiger partial charge is 0.222 e. The topological polar surface area (TPSA) is 80.5 Å². The predicted molar refractivity (Wildman–Crippen MR) is 51.2 cm³/mol. The summed E-state index contributed by atoms with van der Waals surface area (Å²) in [6.07, 6.45) is 0. The molecule has 0 atom stereocenters. The van der Waals surface area contributed by atoms with Crippen molar-refractivity contribution in [1.29, 1.82) is 5.26 Å². The lowest BCUT2D eigenvalue weighted by atomic mass is 10.4. The van der Waals surface area contributed by atoms with E-state index in [1.807, 2.05) is 24.5 Å². The van der Waals surface area contributed by atoms with Crippen LogP contribution in [-0.2, 0) is 0 Å². The SMILES string of the molecule is CC(C)n1c(N)nnc1SCC#N. The summed E-state index contributed by atoms with van der Waals surface area (Å²) < 4.78 is 1.81. The third-order valence-corrected chi connectivity index (χ3v) is 2.28. The molecule has 0 radical (unpaired) electrons. The largest absolute Gasteiger partial charge is 0.368 e. The van der Waals surface area contributed by atoms with Crippen molar-refractivity contribution in [3.63, 3.8) is 0 Å². The van der Waals surface area contributed by atoms with Gasteiger partial charge in [0.2, 0.25) is 5.95 Å². The molecule has 0 aliphatic carbocycles. The van der Waals surface area contributed by atoms with E-state index in [0.717, 1.165) is 0 Å². The number of thioether (sulfide) groups is 1. The standard InChI is InChI=1S/C7H11N5S/c1-5(2)12-6(9)10-11-7(12)13-4-3-8/h5H,4H2,1-2H3,(H2,9,10). The highest BCUT2D eigenvalue weighted by Crippen LogP contribution is 2.21. The average molecular weight is 197 g/mol. The average Bonchev–Trinajstić information content (AvgIpc) is 2.43. The number of rotatable bonds is 3. The van der Waals surface area contributed by atoms with Gasteiger partial charge >= 0.3 is 0 Å². The van der Waals surface area contributed by atoms with Crippen LogP contribution < -0.4 is 5.73 Å². The molecule has 70 valence electrons. The van der Waals surface area contributed by atoms with Crippen LogP contribution in [0.3, 0.4) is 0 Å². The van der Waals surface area contributed by atoms with Crippen LogP contribution in [0.1, 0.15) is 19.9 Å². The number of nitrogens with zero attached hydrogens (tertiary/aromatic N) is 4. The van der Waals surface area contributed by atoms with Crippen molar-refractivity contribution in [2.45, 2.75) is 25.0 Å². The highest BCUT2D eigenvalue weighted by Gasteiger charge is 2.11. The van der Waals surface area contributed by atoms with Crippen LogP contribution in [0, 0.1) is 11.3 Å².